The number of benzene rings is 2. The number of hydrogen-bond acceptors (Lipinski definition) is 5. The van der Waals surface area contributed by atoms with Crippen molar-refractivity contribution in [3.8, 4) is 11.8 Å². The van der Waals surface area contributed by atoms with E-state index in [2.05, 4.69) is 6.07 Å². The molecule has 1 heterocycles. The van der Waals surface area contributed by atoms with Crippen LogP contribution in [0.4, 0.5) is 5.69 Å². The van der Waals surface area contributed by atoms with E-state index in [1.807, 2.05) is 49.3 Å². The van der Waals surface area contributed by atoms with E-state index in [-0.39, 0.29) is 5.91 Å². The van der Waals surface area contributed by atoms with Crippen LogP contribution >= 0.6 is 35.6 Å². The minimum atomic E-state index is -0.788. The van der Waals surface area contributed by atoms with Gasteiger partial charge in [-0.2, -0.15) is 5.26 Å². The van der Waals surface area contributed by atoms with E-state index in [0.29, 0.717) is 46.5 Å². The minimum absolute atomic E-state index is 0.116. The number of carbonyl (C=O) groups excluding carboxylic acids is 1. The van der Waals surface area contributed by atoms with Gasteiger partial charge in [-0.05, 0) is 87.6 Å². The summed E-state index contributed by atoms with van der Waals surface area (Å²) in [6.07, 6.45) is 2.75. The molecule has 0 N–H and O–H groups in total. The molecule has 31 heavy (non-hydrogen) atoms. The largest absolute Gasteiger partial charge is 0.494 e. The number of amides is 1. The van der Waals surface area contributed by atoms with Crippen molar-refractivity contribution in [3.05, 3.63) is 52.5 Å². The Kier molecular flexibility index (Phi) is 7.15. The lowest BCUT2D eigenvalue weighted by Crippen LogP contribution is -2.44. The van der Waals surface area contributed by atoms with E-state index in [1.54, 1.807) is 30.8 Å². The van der Waals surface area contributed by atoms with Crippen LogP contribution in [0.1, 0.15) is 31.4 Å². The second-order valence-corrected chi connectivity index (χ2v) is 9.32. The van der Waals surface area contributed by atoms with Crippen molar-refractivity contribution in [1.29, 1.82) is 5.26 Å². The fourth-order valence-electron chi connectivity index (χ4n) is 3.51. The van der Waals surface area contributed by atoms with Crippen LogP contribution < -0.4 is 9.64 Å². The summed E-state index contributed by atoms with van der Waals surface area (Å²) in [5, 5.41) is 9.97. The van der Waals surface area contributed by atoms with E-state index >= 15 is 0 Å². The molecule has 0 atom stereocenters. The Labute approximate surface area is 197 Å². The van der Waals surface area contributed by atoms with Crippen LogP contribution in [0.3, 0.4) is 0 Å². The van der Waals surface area contributed by atoms with Crippen LogP contribution in [-0.4, -0.2) is 40.9 Å². The van der Waals surface area contributed by atoms with Crippen molar-refractivity contribution in [2.45, 2.75) is 37.6 Å². The first-order valence-electron chi connectivity index (χ1n) is 9.84. The SMILES string of the molecule is CSc1ccc(OCCCN2C(=S)N(c3ccc(C#N)c(Cl)c3C)C(=O)C2(C)C)cc1. The maximum Gasteiger partial charge on any atom is 0.258 e. The van der Waals surface area contributed by atoms with Gasteiger partial charge in [-0.15, -0.1) is 11.8 Å². The van der Waals surface area contributed by atoms with Crippen LogP contribution in [0, 0.1) is 18.3 Å². The fraction of sp³-hybridized carbons (Fsp3) is 0.348. The molecule has 2 aromatic carbocycles. The van der Waals surface area contributed by atoms with Crippen molar-refractivity contribution in [1.82, 2.24) is 4.90 Å². The third-order valence-electron chi connectivity index (χ3n) is 5.40. The molecule has 1 aliphatic heterocycles. The standard InChI is InChI=1S/C23H24ClN3O2S2/c1-15-19(11-6-16(14-25)20(15)24)27-21(28)23(2,3)26(22(27)30)12-5-13-29-17-7-9-18(31-4)10-8-17/h6-11H,5,12-13H2,1-4H3. The van der Waals surface area contributed by atoms with Gasteiger partial charge in [-0.1, -0.05) is 11.6 Å². The zero-order valence-corrected chi connectivity index (χ0v) is 20.3. The van der Waals surface area contributed by atoms with Crippen molar-refractivity contribution in [2.75, 3.05) is 24.3 Å². The van der Waals surface area contributed by atoms with Gasteiger partial charge in [0, 0.05) is 11.4 Å². The number of nitriles is 1. The normalized spacial score (nSPS) is 15.4. The van der Waals surface area contributed by atoms with Crippen molar-refractivity contribution >= 4 is 52.3 Å². The Bertz CT molecular complexity index is 1050. The predicted molar refractivity (Wildman–Crippen MR) is 130 cm³/mol. The van der Waals surface area contributed by atoms with Crippen LogP contribution in [0.5, 0.6) is 5.75 Å². The van der Waals surface area contributed by atoms with Crippen molar-refractivity contribution in [3.63, 3.8) is 0 Å². The molecular formula is C23H24ClN3O2S2. The molecule has 0 spiro atoms. The van der Waals surface area contributed by atoms with Gasteiger partial charge in [0.15, 0.2) is 5.11 Å². The number of nitrogens with zero attached hydrogens (tertiary/aromatic N) is 3. The van der Waals surface area contributed by atoms with Gasteiger partial charge >= 0.3 is 0 Å². The van der Waals surface area contributed by atoms with Gasteiger partial charge in [0.05, 0.1) is 22.9 Å². The average molecular weight is 474 g/mol. The van der Waals surface area contributed by atoms with Gasteiger partial charge in [-0.25, -0.2) is 0 Å². The van der Waals surface area contributed by atoms with Crippen LogP contribution in [0.25, 0.3) is 0 Å². The lowest BCUT2D eigenvalue weighted by molar-refractivity contribution is -0.123. The molecule has 0 saturated carbocycles. The molecular weight excluding hydrogens is 450 g/mol. The topological polar surface area (TPSA) is 56.6 Å². The van der Waals surface area contributed by atoms with Crippen LogP contribution in [0.2, 0.25) is 5.02 Å². The summed E-state index contributed by atoms with van der Waals surface area (Å²) in [6, 6.07) is 13.4. The number of rotatable bonds is 7. The Hall–Kier alpha value is -2.27. The van der Waals surface area contributed by atoms with Crippen LogP contribution in [0.15, 0.2) is 41.3 Å². The number of thioether (sulfide) groups is 1. The van der Waals surface area contributed by atoms with E-state index in [1.165, 1.54) is 9.80 Å². The number of carbonyl (C=O) groups is 1. The van der Waals surface area contributed by atoms with Crippen molar-refractivity contribution in [2.24, 2.45) is 0 Å². The molecule has 5 nitrogen and oxygen atoms in total. The number of halogens is 1. The summed E-state index contributed by atoms with van der Waals surface area (Å²) in [4.78, 5) is 17.9. The lowest BCUT2D eigenvalue weighted by atomic mass is 10.0. The molecule has 8 heteroatoms. The minimum Gasteiger partial charge on any atom is -0.494 e. The Balaban J connectivity index is 1.71. The highest BCUT2D eigenvalue weighted by atomic mass is 35.5. The zero-order valence-electron chi connectivity index (χ0n) is 17.9. The van der Waals surface area contributed by atoms with Gasteiger partial charge in [0.1, 0.15) is 17.4 Å². The number of thiocarbonyl (C=S) groups is 1. The molecule has 1 aliphatic rings. The number of ether oxygens (including phenoxy) is 1. The molecule has 0 unspecified atom stereocenters. The average Bonchev–Trinajstić information content (AvgIpc) is 2.92. The monoisotopic (exact) mass is 473 g/mol. The fourth-order valence-corrected chi connectivity index (χ4v) is 4.62. The number of anilines is 1. The smallest absolute Gasteiger partial charge is 0.258 e. The summed E-state index contributed by atoms with van der Waals surface area (Å²) in [6.45, 7) is 6.62. The lowest BCUT2D eigenvalue weighted by Gasteiger charge is -2.29. The van der Waals surface area contributed by atoms with E-state index in [4.69, 9.17) is 28.6 Å². The second-order valence-electron chi connectivity index (χ2n) is 7.69. The van der Waals surface area contributed by atoms with E-state index in [9.17, 15) is 10.1 Å². The summed E-state index contributed by atoms with van der Waals surface area (Å²) in [5.41, 5.74) is 0.856. The molecule has 1 fully saturated rings. The maximum absolute atomic E-state index is 13.2. The summed E-state index contributed by atoms with van der Waals surface area (Å²) < 4.78 is 5.84. The van der Waals surface area contributed by atoms with Gasteiger partial charge < -0.3 is 9.64 Å². The van der Waals surface area contributed by atoms with Crippen molar-refractivity contribution < 1.29 is 9.53 Å². The third kappa shape index (κ3) is 4.52. The molecule has 1 amide bonds. The Morgan fingerprint density at radius 3 is 2.52 bits per heavy atom. The molecule has 0 bridgehead atoms. The summed E-state index contributed by atoms with van der Waals surface area (Å²) in [7, 11) is 0. The van der Waals surface area contributed by atoms with Gasteiger partial charge in [0.25, 0.3) is 5.91 Å². The van der Waals surface area contributed by atoms with Gasteiger partial charge in [0.2, 0.25) is 0 Å². The highest BCUT2D eigenvalue weighted by molar-refractivity contribution is 7.98. The first-order valence-corrected chi connectivity index (χ1v) is 11.9. The van der Waals surface area contributed by atoms with E-state index < -0.39 is 5.54 Å². The Morgan fingerprint density at radius 2 is 1.90 bits per heavy atom. The summed E-state index contributed by atoms with van der Waals surface area (Å²) in [5.74, 6) is 0.705. The number of hydrogen-bond donors (Lipinski definition) is 0. The molecule has 0 aromatic heterocycles. The summed E-state index contributed by atoms with van der Waals surface area (Å²) >= 11 is 13.7. The third-order valence-corrected chi connectivity index (χ3v) is 7.03. The van der Waals surface area contributed by atoms with Gasteiger partial charge in [-0.3, -0.25) is 9.69 Å². The highest BCUT2D eigenvalue weighted by Crippen LogP contribution is 2.37. The second kappa shape index (κ2) is 9.47. The Morgan fingerprint density at radius 1 is 1.23 bits per heavy atom. The first kappa shape index (κ1) is 23.4. The molecule has 3 rings (SSSR count). The molecule has 1 saturated heterocycles. The highest BCUT2D eigenvalue weighted by Gasteiger charge is 2.49. The zero-order chi connectivity index (χ0) is 22.8. The maximum atomic E-state index is 13.2. The quantitative estimate of drug-likeness (QED) is 0.304. The van der Waals surface area contributed by atoms with Crippen LogP contribution in [-0.2, 0) is 4.79 Å². The predicted octanol–water partition coefficient (Wildman–Crippen LogP) is 5.42. The molecule has 2 aromatic rings. The first-order chi connectivity index (χ1) is 14.7. The molecule has 0 aliphatic carbocycles. The van der Waals surface area contributed by atoms with E-state index in [0.717, 1.165) is 5.75 Å². The molecule has 0 radical (unpaired) electrons. The molecule has 162 valence electrons.